The molecule has 0 bridgehead atoms. The Morgan fingerprint density at radius 3 is 2.58 bits per heavy atom. The average molecular weight is 287 g/mol. The molecule has 0 N–H and O–H groups in total. The number of rotatable bonds is 1. The monoisotopic (exact) mass is 287 g/mol. The highest BCUT2D eigenvalue weighted by Crippen LogP contribution is 2.24. The highest BCUT2D eigenvalue weighted by molar-refractivity contribution is 14.1. The van der Waals surface area contributed by atoms with Gasteiger partial charge in [0.25, 0.3) is 6.43 Å². The molecule has 0 saturated carbocycles. The lowest BCUT2D eigenvalue weighted by atomic mass is 10.2. The Labute approximate surface area is 81.1 Å². The maximum atomic E-state index is 12.7. The van der Waals surface area contributed by atoms with Crippen LogP contribution in [-0.2, 0) is 0 Å². The van der Waals surface area contributed by atoms with Gasteiger partial charge in [-0.25, -0.2) is 13.8 Å². The molecule has 0 aromatic carbocycles. The van der Waals surface area contributed by atoms with E-state index in [-0.39, 0.29) is 14.8 Å². The van der Waals surface area contributed by atoms with Crippen molar-refractivity contribution in [2.75, 3.05) is 0 Å². The summed E-state index contributed by atoms with van der Waals surface area (Å²) in [4.78, 5) is 3.33. The highest BCUT2D eigenvalue weighted by atomic mass is 127. The van der Waals surface area contributed by atoms with E-state index >= 15 is 0 Å². The van der Waals surface area contributed by atoms with Gasteiger partial charge in [-0.2, -0.15) is 4.39 Å². The third-order valence-corrected chi connectivity index (χ3v) is 2.23. The molecule has 0 fully saturated rings. The minimum atomic E-state index is -2.59. The molecule has 1 heterocycles. The highest BCUT2D eigenvalue weighted by Gasteiger charge is 2.14. The van der Waals surface area contributed by atoms with Crippen LogP contribution in [0.2, 0.25) is 0 Å². The first kappa shape index (κ1) is 9.76. The molecular weight excluding hydrogens is 282 g/mol. The summed E-state index contributed by atoms with van der Waals surface area (Å²) >= 11 is 1.59. The van der Waals surface area contributed by atoms with Crippen LogP contribution in [0.3, 0.4) is 0 Å². The minimum Gasteiger partial charge on any atom is -0.213 e. The Bertz CT molecular complexity index is 301. The van der Waals surface area contributed by atoms with E-state index in [9.17, 15) is 13.2 Å². The van der Waals surface area contributed by atoms with Crippen molar-refractivity contribution in [3.63, 3.8) is 0 Å². The molecular formula is C7H5F3IN. The van der Waals surface area contributed by atoms with E-state index in [4.69, 9.17) is 0 Å². The first-order valence-electron chi connectivity index (χ1n) is 3.13. The van der Waals surface area contributed by atoms with Crippen molar-refractivity contribution < 1.29 is 13.2 Å². The van der Waals surface area contributed by atoms with E-state index in [1.54, 1.807) is 22.6 Å². The summed E-state index contributed by atoms with van der Waals surface area (Å²) in [6, 6.07) is 1.12. The van der Waals surface area contributed by atoms with E-state index in [1.807, 2.05) is 0 Å². The number of hydrogen-bond donors (Lipinski definition) is 0. The first-order valence-corrected chi connectivity index (χ1v) is 4.21. The fourth-order valence-corrected chi connectivity index (χ4v) is 1.35. The van der Waals surface area contributed by atoms with Gasteiger partial charge in [0, 0.05) is 5.56 Å². The fraction of sp³-hybridized carbons (Fsp3) is 0.286. The van der Waals surface area contributed by atoms with Crippen molar-refractivity contribution >= 4 is 22.6 Å². The summed E-state index contributed by atoms with van der Waals surface area (Å²) in [6.45, 7) is 1.41. The third kappa shape index (κ3) is 1.88. The van der Waals surface area contributed by atoms with Gasteiger partial charge in [0.2, 0.25) is 5.95 Å². The van der Waals surface area contributed by atoms with E-state index in [2.05, 4.69) is 4.98 Å². The molecule has 0 spiro atoms. The number of nitrogens with zero attached hydrogens (tertiary/aromatic N) is 1. The lowest BCUT2D eigenvalue weighted by molar-refractivity contribution is 0.149. The zero-order chi connectivity index (χ0) is 9.30. The van der Waals surface area contributed by atoms with Crippen LogP contribution in [0, 0.1) is 16.6 Å². The first-order chi connectivity index (χ1) is 5.52. The summed E-state index contributed by atoms with van der Waals surface area (Å²) < 4.78 is 37.0. The second-order valence-electron chi connectivity index (χ2n) is 2.28. The zero-order valence-electron chi connectivity index (χ0n) is 6.11. The second kappa shape index (κ2) is 3.59. The van der Waals surface area contributed by atoms with Crippen molar-refractivity contribution in [3.8, 4) is 0 Å². The van der Waals surface area contributed by atoms with Crippen molar-refractivity contribution in [2.45, 2.75) is 13.3 Å². The number of pyridine rings is 1. The van der Waals surface area contributed by atoms with Gasteiger partial charge in [-0.15, -0.1) is 0 Å². The largest absolute Gasteiger partial charge is 0.266 e. The minimum absolute atomic E-state index is 0.0192. The fourth-order valence-electron chi connectivity index (χ4n) is 0.744. The summed E-state index contributed by atoms with van der Waals surface area (Å²) in [5, 5.41) is 0. The zero-order valence-corrected chi connectivity index (χ0v) is 8.27. The molecule has 5 heteroatoms. The summed E-state index contributed by atoms with van der Waals surface area (Å²) in [6.07, 6.45) is -2.59. The molecule has 0 atom stereocenters. The summed E-state index contributed by atoms with van der Waals surface area (Å²) in [5.74, 6) is -0.691. The van der Waals surface area contributed by atoms with Gasteiger partial charge in [0.05, 0.1) is 5.56 Å². The maximum absolute atomic E-state index is 12.7. The molecule has 1 aromatic rings. The molecule has 0 aliphatic heterocycles. The van der Waals surface area contributed by atoms with Crippen LogP contribution >= 0.6 is 22.6 Å². The molecule has 0 amide bonds. The lowest BCUT2D eigenvalue weighted by Gasteiger charge is -2.03. The number of hydrogen-bond acceptors (Lipinski definition) is 1. The Morgan fingerprint density at radius 1 is 1.50 bits per heavy atom. The van der Waals surface area contributed by atoms with Crippen molar-refractivity contribution in [1.29, 1.82) is 0 Å². The summed E-state index contributed by atoms with van der Waals surface area (Å²) in [5.41, 5.74) is -0.0692. The van der Waals surface area contributed by atoms with Crippen LogP contribution < -0.4 is 0 Å². The lowest BCUT2D eigenvalue weighted by Crippen LogP contribution is -1.98. The molecule has 66 valence electrons. The predicted octanol–water partition coefficient (Wildman–Crippen LogP) is 3.07. The van der Waals surface area contributed by atoms with Crippen LogP contribution in [0.25, 0.3) is 0 Å². The summed E-state index contributed by atoms with van der Waals surface area (Å²) in [7, 11) is 0. The molecule has 0 saturated heterocycles. The van der Waals surface area contributed by atoms with Crippen LogP contribution in [0.4, 0.5) is 13.2 Å². The molecule has 1 rings (SSSR count). The van der Waals surface area contributed by atoms with Crippen molar-refractivity contribution in [3.05, 3.63) is 26.8 Å². The number of alkyl halides is 2. The van der Waals surface area contributed by atoms with Crippen LogP contribution in [0.5, 0.6) is 0 Å². The maximum Gasteiger partial charge on any atom is 0.266 e. The van der Waals surface area contributed by atoms with Gasteiger partial charge in [-0.05, 0) is 35.6 Å². The van der Waals surface area contributed by atoms with Gasteiger partial charge in [-0.3, -0.25) is 0 Å². The van der Waals surface area contributed by atoms with Crippen LogP contribution in [0.1, 0.15) is 17.6 Å². The van der Waals surface area contributed by atoms with Gasteiger partial charge < -0.3 is 0 Å². The Hall–Kier alpha value is -0.330. The number of aryl methyl sites for hydroxylation is 1. The Morgan fingerprint density at radius 2 is 2.08 bits per heavy atom. The molecule has 0 radical (unpaired) electrons. The smallest absolute Gasteiger partial charge is 0.213 e. The quantitative estimate of drug-likeness (QED) is 0.571. The second-order valence-corrected chi connectivity index (χ2v) is 3.30. The van der Waals surface area contributed by atoms with E-state index < -0.39 is 12.4 Å². The SMILES string of the molecule is Cc1cc(C(F)F)c(I)nc1F. The normalized spacial score (nSPS) is 10.8. The number of halogens is 4. The molecule has 1 nitrogen and oxygen atoms in total. The van der Waals surface area contributed by atoms with Crippen molar-refractivity contribution in [2.24, 2.45) is 0 Å². The Kier molecular flexibility index (Phi) is 2.92. The van der Waals surface area contributed by atoms with Crippen LogP contribution in [0.15, 0.2) is 6.07 Å². The average Bonchev–Trinajstić information content (AvgIpc) is 1.96. The van der Waals surface area contributed by atoms with Gasteiger partial charge >= 0.3 is 0 Å². The topological polar surface area (TPSA) is 12.9 Å². The molecule has 0 unspecified atom stereocenters. The standard InChI is InChI=1S/C7H5F3IN/c1-3-2-4(5(8)9)7(11)12-6(3)10/h2,5H,1H3. The van der Waals surface area contributed by atoms with Crippen LogP contribution in [-0.4, -0.2) is 4.98 Å². The van der Waals surface area contributed by atoms with E-state index in [0.717, 1.165) is 6.07 Å². The van der Waals surface area contributed by atoms with Gasteiger partial charge in [0.15, 0.2) is 0 Å². The molecule has 0 aliphatic carbocycles. The Balaban J connectivity index is 3.23. The molecule has 0 aliphatic rings. The molecule has 12 heavy (non-hydrogen) atoms. The van der Waals surface area contributed by atoms with Crippen molar-refractivity contribution in [1.82, 2.24) is 4.98 Å². The van der Waals surface area contributed by atoms with Gasteiger partial charge in [0.1, 0.15) is 3.70 Å². The molecule has 1 aromatic heterocycles. The van der Waals surface area contributed by atoms with Gasteiger partial charge in [-0.1, -0.05) is 0 Å². The van der Waals surface area contributed by atoms with E-state index in [0.29, 0.717) is 0 Å². The predicted molar refractivity (Wildman–Crippen MR) is 46.6 cm³/mol. The third-order valence-electron chi connectivity index (χ3n) is 1.37. The van der Waals surface area contributed by atoms with E-state index in [1.165, 1.54) is 6.92 Å². The number of aromatic nitrogens is 1.